The van der Waals surface area contributed by atoms with Gasteiger partial charge in [0.15, 0.2) is 0 Å². The lowest BCUT2D eigenvalue weighted by Gasteiger charge is -2.22. The average Bonchev–Trinajstić information content (AvgIpc) is 2.99. The number of aromatic nitrogens is 1. The van der Waals surface area contributed by atoms with Crippen LogP contribution in [0.1, 0.15) is 12.8 Å². The van der Waals surface area contributed by atoms with Crippen LogP contribution < -0.4 is 4.72 Å². The van der Waals surface area contributed by atoms with Gasteiger partial charge in [-0.25, -0.2) is 13.1 Å². The van der Waals surface area contributed by atoms with E-state index in [-0.39, 0.29) is 10.9 Å². The summed E-state index contributed by atoms with van der Waals surface area (Å²) in [6.45, 7) is 1.13. The molecule has 0 bridgehead atoms. The van der Waals surface area contributed by atoms with Crippen LogP contribution in [-0.2, 0) is 14.8 Å². The van der Waals surface area contributed by atoms with Crippen molar-refractivity contribution in [2.24, 2.45) is 0 Å². The summed E-state index contributed by atoms with van der Waals surface area (Å²) < 4.78 is 37.4. The predicted molar refractivity (Wildman–Crippen MR) is 81.7 cm³/mol. The van der Waals surface area contributed by atoms with Crippen LogP contribution in [0, 0.1) is 0 Å². The van der Waals surface area contributed by atoms with Gasteiger partial charge in [0.1, 0.15) is 10.6 Å². The lowest BCUT2D eigenvalue weighted by Crippen LogP contribution is -2.40. The first-order chi connectivity index (χ1) is 10.2. The Kier molecular flexibility index (Phi) is 4.34. The van der Waals surface area contributed by atoms with E-state index in [0.29, 0.717) is 18.9 Å². The van der Waals surface area contributed by atoms with Crippen molar-refractivity contribution in [3.63, 3.8) is 0 Å². The molecule has 2 aromatic rings. The van der Waals surface area contributed by atoms with Gasteiger partial charge >= 0.3 is 0 Å². The molecule has 1 aliphatic heterocycles. The zero-order valence-corrected chi connectivity index (χ0v) is 13.0. The van der Waals surface area contributed by atoms with Crippen LogP contribution >= 0.6 is 11.5 Å². The van der Waals surface area contributed by atoms with Crippen LogP contribution in [-0.4, -0.2) is 32.0 Å². The third-order valence-corrected chi connectivity index (χ3v) is 5.67. The maximum Gasteiger partial charge on any atom is 0.243 e. The third kappa shape index (κ3) is 3.32. The zero-order chi connectivity index (χ0) is 14.7. The van der Waals surface area contributed by atoms with Gasteiger partial charge in [-0.3, -0.25) is 0 Å². The molecule has 0 unspecified atom stereocenters. The molecule has 3 rings (SSSR count). The molecule has 0 spiro atoms. The third-order valence-electron chi connectivity index (χ3n) is 3.36. The van der Waals surface area contributed by atoms with E-state index >= 15 is 0 Å². The largest absolute Gasteiger partial charge is 0.380 e. The minimum absolute atomic E-state index is 0.160. The summed E-state index contributed by atoms with van der Waals surface area (Å²) in [6, 6.07) is 9.19. The van der Waals surface area contributed by atoms with Gasteiger partial charge in [0, 0.05) is 23.6 Å². The Balaban J connectivity index is 1.88. The molecule has 5 nitrogen and oxygen atoms in total. The number of nitrogens with zero attached hydrogens (tertiary/aromatic N) is 1. The highest BCUT2D eigenvalue weighted by Crippen LogP contribution is 2.28. The molecular formula is C14H16N2O3S2. The Morgan fingerprint density at radius 3 is 2.81 bits per heavy atom. The van der Waals surface area contributed by atoms with E-state index in [4.69, 9.17) is 4.74 Å². The molecule has 1 N–H and O–H groups in total. The standard InChI is InChI=1S/C14H16N2O3S2/c17-21(18,16-12-7-4-8-19-9-12)13-10-20-15-14(13)11-5-2-1-3-6-11/h1-3,5-6,10,12,16H,4,7-9H2/t12-/m1/s1. The van der Waals surface area contributed by atoms with Crippen molar-refractivity contribution >= 4 is 21.6 Å². The van der Waals surface area contributed by atoms with Crippen LogP contribution in [0.25, 0.3) is 11.3 Å². The van der Waals surface area contributed by atoms with E-state index in [1.54, 1.807) is 5.38 Å². The molecule has 0 saturated carbocycles. The zero-order valence-electron chi connectivity index (χ0n) is 11.4. The van der Waals surface area contributed by atoms with Gasteiger partial charge in [0.05, 0.1) is 6.61 Å². The molecule has 1 fully saturated rings. The van der Waals surface area contributed by atoms with Crippen molar-refractivity contribution in [3.8, 4) is 11.3 Å². The summed E-state index contributed by atoms with van der Waals surface area (Å²) in [5, 5.41) is 1.58. The van der Waals surface area contributed by atoms with Crippen molar-refractivity contribution in [2.75, 3.05) is 13.2 Å². The van der Waals surface area contributed by atoms with E-state index in [9.17, 15) is 8.42 Å². The second kappa shape index (κ2) is 6.23. The van der Waals surface area contributed by atoms with Crippen LogP contribution in [0.2, 0.25) is 0 Å². The van der Waals surface area contributed by atoms with E-state index in [0.717, 1.165) is 29.9 Å². The summed E-state index contributed by atoms with van der Waals surface area (Å²) in [6.07, 6.45) is 1.68. The number of hydrogen-bond acceptors (Lipinski definition) is 5. The van der Waals surface area contributed by atoms with Crippen LogP contribution in [0.15, 0.2) is 40.6 Å². The summed E-state index contributed by atoms with van der Waals surface area (Å²) in [5.41, 5.74) is 1.31. The molecule has 0 aliphatic carbocycles. The Bertz CT molecular complexity index is 692. The average molecular weight is 324 g/mol. The van der Waals surface area contributed by atoms with Crippen molar-refractivity contribution < 1.29 is 13.2 Å². The number of rotatable bonds is 4. The summed E-state index contributed by atoms with van der Waals surface area (Å²) in [5.74, 6) is 0. The highest BCUT2D eigenvalue weighted by Gasteiger charge is 2.26. The summed E-state index contributed by atoms with van der Waals surface area (Å²) >= 11 is 1.15. The lowest BCUT2D eigenvalue weighted by molar-refractivity contribution is 0.0774. The molecule has 0 amide bonds. The number of ether oxygens (including phenoxy) is 1. The SMILES string of the molecule is O=S(=O)(N[C@@H]1CCCOC1)c1csnc1-c1ccccc1. The number of nitrogens with one attached hydrogen (secondary N) is 1. The first-order valence-electron chi connectivity index (χ1n) is 6.77. The van der Waals surface area contributed by atoms with Crippen molar-refractivity contribution in [2.45, 2.75) is 23.8 Å². The quantitative estimate of drug-likeness (QED) is 0.937. The molecule has 21 heavy (non-hydrogen) atoms. The minimum Gasteiger partial charge on any atom is -0.380 e. The smallest absolute Gasteiger partial charge is 0.243 e. The van der Waals surface area contributed by atoms with Gasteiger partial charge in [-0.05, 0) is 24.4 Å². The van der Waals surface area contributed by atoms with E-state index < -0.39 is 10.0 Å². The fraction of sp³-hybridized carbons (Fsp3) is 0.357. The number of benzene rings is 1. The topological polar surface area (TPSA) is 68.3 Å². The Morgan fingerprint density at radius 1 is 1.29 bits per heavy atom. The lowest BCUT2D eigenvalue weighted by atomic mass is 10.1. The first-order valence-corrected chi connectivity index (χ1v) is 9.09. The van der Waals surface area contributed by atoms with Crippen LogP contribution in [0.5, 0.6) is 0 Å². The fourth-order valence-corrected chi connectivity index (χ4v) is 4.76. The van der Waals surface area contributed by atoms with Crippen LogP contribution in [0.4, 0.5) is 0 Å². The highest BCUT2D eigenvalue weighted by molar-refractivity contribution is 7.89. The monoisotopic (exact) mass is 324 g/mol. The van der Waals surface area contributed by atoms with Gasteiger partial charge in [0.25, 0.3) is 0 Å². The maximum absolute atomic E-state index is 12.6. The normalized spacial score (nSPS) is 19.5. The second-order valence-corrected chi connectivity index (χ2v) is 7.24. The molecule has 1 aromatic heterocycles. The van der Waals surface area contributed by atoms with E-state index in [1.165, 1.54) is 0 Å². The Morgan fingerprint density at radius 2 is 2.10 bits per heavy atom. The molecule has 7 heteroatoms. The molecule has 1 aromatic carbocycles. The van der Waals surface area contributed by atoms with Crippen molar-refractivity contribution in [1.29, 1.82) is 0 Å². The van der Waals surface area contributed by atoms with E-state index in [1.807, 2.05) is 30.3 Å². The first kappa shape index (κ1) is 14.6. The molecule has 0 radical (unpaired) electrons. The van der Waals surface area contributed by atoms with Crippen LogP contribution in [0.3, 0.4) is 0 Å². The summed E-state index contributed by atoms with van der Waals surface area (Å²) in [7, 11) is -3.58. The Labute approximate surface area is 128 Å². The van der Waals surface area contributed by atoms with Gasteiger partial charge < -0.3 is 4.74 Å². The Hall–Kier alpha value is -1.28. The van der Waals surface area contributed by atoms with Crippen molar-refractivity contribution in [1.82, 2.24) is 9.10 Å². The number of hydrogen-bond donors (Lipinski definition) is 1. The highest BCUT2D eigenvalue weighted by atomic mass is 32.2. The second-order valence-electron chi connectivity index (χ2n) is 4.93. The molecule has 1 saturated heterocycles. The summed E-state index contributed by atoms with van der Waals surface area (Å²) in [4.78, 5) is 0.240. The number of sulfonamides is 1. The molecule has 2 heterocycles. The van der Waals surface area contributed by atoms with Gasteiger partial charge in [-0.1, -0.05) is 30.3 Å². The molecule has 1 atom stereocenters. The van der Waals surface area contributed by atoms with Gasteiger partial charge in [-0.2, -0.15) is 4.37 Å². The van der Waals surface area contributed by atoms with Gasteiger partial charge in [0.2, 0.25) is 10.0 Å². The fourth-order valence-electron chi connectivity index (χ4n) is 2.33. The van der Waals surface area contributed by atoms with Gasteiger partial charge in [-0.15, -0.1) is 0 Å². The minimum atomic E-state index is -3.58. The predicted octanol–water partition coefficient (Wildman–Crippen LogP) is 2.27. The van der Waals surface area contributed by atoms with E-state index in [2.05, 4.69) is 9.10 Å². The van der Waals surface area contributed by atoms with Crippen molar-refractivity contribution in [3.05, 3.63) is 35.7 Å². The molecule has 1 aliphatic rings. The maximum atomic E-state index is 12.6. The molecule has 112 valence electrons. The molecular weight excluding hydrogens is 308 g/mol.